The molecule has 1 N–H and O–H groups in total. The van der Waals surface area contributed by atoms with Crippen LogP contribution in [0.25, 0.3) is 95.0 Å². The zero-order valence-corrected chi connectivity index (χ0v) is 41.2. The van der Waals surface area contributed by atoms with Crippen molar-refractivity contribution in [2.24, 2.45) is 0 Å². The second-order valence-electron chi connectivity index (χ2n) is 20.7. The number of benzene rings is 8. The third kappa shape index (κ3) is 8.80. The molecule has 0 aliphatic rings. The lowest BCUT2D eigenvalue weighted by molar-refractivity contribution is 0.472. The molecule has 0 saturated heterocycles. The summed E-state index contributed by atoms with van der Waals surface area (Å²) in [6, 6.07) is 65.3. The molecular formula is C65H59N3O. The van der Waals surface area contributed by atoms with E-state index in [1.165, 1.54) is 27.8 Å². The topological polar surface area (TPSA) is 50.9 Å². The fraction of sp³-hybridized carbons (Fsp3) is 0.169. The summed E-state index contributed by atoms with van der Waals surface area (Å²) < 4.78 is 2.28. The van der Waals surface area contributed by atoms with E-state index < -0.39 is 0 Å². The van der Waals surface area contributed by atoms with Crippen LogP contribution in [0.15, 0.2) is 188 Å². The number of rotatable bonds is 8. The van der Waals surface area contributed by atoms with E-state index in [0.29, 0.717) is 11.4 Å². The Morgan fingerprint density at radius 2 is 1.01 bits per heavy atom. The van der Waals surface area contributed by atoms with Gasteiger partial charge in [-0.05, 0) is 152 Å². The summed E-state index contributed by atoms with van der Waals surface area (Å²) >= 11 is 0. The van der Waals surface area contributed by atoms with Crippen LogP contribution in [-0.4, -0.2) is 19.6 Å². The molecule has 4 nitrogen and oxygen atoms in total. The number of phenols is 1. The zero-order chi connectivity index (χ0) is 48.2. The van der Waals surface area contributed by atoms with Crippen molar-refractivity contribution in [1.82, 2.24) is 14.5 Å². The van der Waals surface area contributed by atoms with Gasteiger partial charge in [-0.15, -0.1) is 0 Å². The van der Waals surface area contributed by atoms with E-state index in [4.69, 9.17) is 9.97 Å². The number of aromatic hydroxyl groups is 1. The Hall–Kier alpha value is -7.82. The smallest absolute Gasteiger partial charge is 0.149 e. The quantitative estimate of drug-likeness (QED) is 0.165. The Morgan fingerprint density at radius 1 is 0.420 bits per heavy atom. The third-order valence-electron chi connectivity index (χ3n) is 13.6. The summed E-state index contributed by atoms with van der Waals surface area (Å²) in [5.74, 6) is 0.908. The van der Waals surface area contributed by atoms with E-state index in [-0.39, 0.29) is 16.6 Å². The van der Waals surface area contributed by atoms with Gasteiger partial charge in [-0.2, -0.15) is 0 Å². The van der Waals surface area contributed by atoms with Crippen LogP contribution in [0.4, 0.5) is 0 Å². The third-order valence-corrected chi connectivity index (χ3v) is 13.6. The summed E-state index contributed by atoms with van der Waals surface area (Å²) in [5, 5.41) is 12.0. The second-order valence-corrected chi connectivity index (χ2v) is 20.7. The lowest BCUT2D eigenvalue weighted by Crippen LogP contribution is -2.11. The van der Waals surface area contributed by atoms with Crippen LogP contribution >= 0.6 is 0 Å². The van der Waals surface area contributed by atoms with Gasteiger partial charge in [-0.1, -0.05) is 175 Å². The van der Waals surface area contributed by atoms with Gasteiger partial charge >= 0.3 is 0 Å². The molecule has 8 aromatic carbocycles. The number of hydrogen-bond donors (Lipinski definition) is 1. The molecule has 0 amide bonds. The highest BCUT2D eigenvalue weighted by Gasteiger charge is 2.26. The molecule has 0 bridgehead atoms. The van der Waals surface area contributed by atoms with Crippen molar-refractivity contribution < 1.29 is 5.11 Å². The predicted octanol–water partition coefficient (Wildman–Crippen LogP) is 17.3. The van der Waals surface area contributed by atoms with Crippen molar-refractivity contribution in [2.45, 2.75) is 73.1 Å². The van der Waals surface area contributed by atoms with E-state index in [2.05, 4.69) is 236 Å². The van der Waals surface area contributed by atoms with Gasteiger partial charge in [-0.3, -0.25) is 9.55 Å². The van der Waals surface area contributed by atoms with Crippen LogP contribution in [0, 0.1) is 20.8 Å². The molecule has 2 aromatic heterocycles. The first-order chi connectivity index (χ1) is 33.1. The number of para-hydroxylation sites is 1. The number of pyridine rings is 1. The molecule has 10 aromatic rings. The summed E-state index contributed by atoms with van der Waals surface area (Å²) in [4.78, 5) is 10.6. The average molecular weight is 898 g/mol. The van der Waals surface area contributed by atoms with Crippen molar-refractivity contribution in [3.8, 4) is 89.7 Å². The van der Waals surface area contributed by atoms with Crippen molar-refractivity contribution in [2.75, 3.05) is 0 Å². The van der Waals surface area contributed by atoms with Gasteiger partial charge in [0.1, 0.15) is 11.6 Å². The van der Waals surface area contributed by atoms with Gasteiger partial charge in [0.15, 0.2) is 0 Å². The van der Waals surface area contributed by atoms with Crippen molar-refractivity contribution in [1.29, 1.82) is 0 Å². The fourth-order valence-electron chi connectivity index (χ4n) is 9.69. The van der Waals surface area contributed by atoms with Gasteiger partial charge in [-0.25, -0.2) is 4.98 Å². The normalized spacial score (nSPS) is 11.9. The molecule has 10 rings (SSSR count). The highest BCUT2D eigenvalue weighted by atomic mass is 16.3. The first-order valence-electron chi connectivity index (χ1n) is 24.0. The van der Waals surface area contributed by atoms with Gasteiger partial charge < -0.3 is 5.11 Å². The van der Waals surface area contributed by atoms with Crippen LogP contribution in [-0.2, 0) is 10.8 Å². The molecule has 0 unspecified atom stereocenters. The maximum Gasteiger partial charge on any atom is 0.149 e. The molecule has 4 heteroatoms. The Labute approximate surface area is 407 Å². The zero-order valence-electron chi connectivity index (χ0n) is 41.2. The predicted molar refractivity (Wildman–Crippen MR) is 290 cm³/mol. The number of aromatic nitrogens is 3. The highest BCUT2D eigenvalue weighted by molar-refractivity contribution is 5.98. The summed E-state index contributed by atoms with van der Waals surface area (Å²) in [6.45, 7) is 19.8. The molecule has 2 heterocycles. The molecule has 0 aliphatic heterocycles. The van der Waals surface area contributed by atoms with Gasteiger partial charge in [0.05, 0.1) is 28.0 Å². The van der Waals surface area contributed by atoms with Crippen molar-refractivity contribution in [3.05, 3.63) is 216 Å². The number of hydrogen-bond acceptors (Lipinski definition) is 3. The lowest BCUT2D eigenvalue weighted by Gasteiger charge is -2.22. The number of fused-ring (bicyclic) bond motifs is 1. The molecule has 0 atom stereocenters. The van der Waals surface area contributed by atoms with Crippen LogP contribution in [0.2, 0.25) is 0 Å². The molecule has 0 radical (unpaired) electrons. The second kappa shape index (κ2) is 17.7. The Morgan fingerprint density at radius 3 is 1.68 bits per heavy atom. The van der Waals surface area contributed by atoms with E-state index in [0.717, 1.165) is 83.6 Å². The minimum Gasteiger partial charge on any atom is -0.507 e. The Balaban J connectivity index is 1.19. The maximum atomic E-state index is 12.0. The number of nitrogens with zero attached hydrogens (tertiary/aromatic N) is 3. The van der Waals surface area contributed by atoms with Crippen LogP contribution in [0.5, 0.6) is 5.75 Å². The minimum absolute atomic E-state index is 0.00658. The van der Waals surface area contributed by atoms with Gasteiger partial charge in [0.25, 0.3) is 0 Å². The summed E-state index contributed by atoms with van der Waals surface area (Å²) in [5.41, 5.74) is 22.0. The van der Waals surface area contributed by atoms with Crippen LogP contribution in [0.1, 0.15) is 69.4 Å². The van der Waals surface area contributed by atoms with Crippen LogP contribution in [0.3, 0.4) is 0 Å². The van der Waals surface area contributed by atoms with Crippen molar-refractivity contribution >= 4 is 11.0 Å². The van der Waals surface area contributed by atoms with E-state index in [1.54, 1.807) is 0 Å². The largest absolute Gasteiger partial charge is 0.507 e. The molecule has 0 fully saturated rings. The molecular weight excluding hydrogens is 839 g/mol. The van der Waals surface area contributed by atoms with Crippen LogP contribution < -0.4 is 0 Å². The molecule has 340 valence electrons. The Bertz CT molecular complexity index is 3510. The molecule has 0 saturated carbocycles. The first kappa shape index (κ1) is 45.0. The van der Waals surface area contributed by atoms with E-state index >= 15 is 0 Å². The lowest BCUT2D eigenvalue weighted by atomic mass is 9.83. The summed E-state index contributed by atoms with van der Waals surface area (Å²) in [6.07, 6.45) is 1.92. The molecule has 0 aliphatic carbocycles. The SMILES string of the molecule is Cc1cc(C)c(O)c(-c2nc3c(-c4cc(-c5cc(-c6ccc(-c7ccccc7)cc6)ccn5)cc(C(C)(C)C)c4)cccc3n2-c2cc(C)c(-c3ccccc3)cc2-c2ccc(C(C)(C)C)cc2)c1. The number of phenolic OH excluding ortho intramolecular Hbond substituents is 1. The minimum atomic E-state index is -0.158. The standard InChI is InChI=1S/C65H59N3O/c1-41-33-43(3)62(69)57(34-41)63-67-61-54(50-36-51(38-53(37-50)65(7,8)9)58-39-49(31-32-66-58)46-25-23-45(24-26-46)44-17-12-10-13-18-44)21-16-22-59(61)68(63)60-35-42(2)55(47-19-14-11-15-20-47)40-56(60)48-27-29-52(30-28-48)64(4,5)6/h10-40,69H,1-9H3. The fourth-order valence-corrected chi connectivity index (χ4v) is 9.69. The molecule has 0 spiro atoms. The Kier molecular flexibility index (Phi) is 11.5. The van der Waals surface area contributed by atoms with Crippen molar-refractivity contribution in [3.63, 3.8) is 0 Å². The first-order valence-corrected chi connectivity index (χ1v) is 24.0. The summed E-state index contributed by atoms with van der Waals surface area (Å²) in [7, 11) is 0. The highest BCUT2D eigenvalue weighted by Crippen LogP contribution is 2.44. The van der Waals surface area contributed by atoms with Gasteiger partial charge in [0, 0.05) is 22.9 Å². The maximum absolute atomic E-state index is 12.0. The van der Waals surface area contributed by atoms with E-state index in [9.17, 15) is 5.11 Å². The number of imidazole rings is 1. The average Bonchev–Trinajstić information content (AvgIpc) is 3.74. The molecule has 69 heavy (non-hydrogen) atoms. The van der Waals surface area contributed by atoms with Gasteiger partial charge in [0.2, 0.25) is 0 Å². The van der Waals surface area contributed by atoms with E-state index in [1.807, 2.05) is 19.2 Å². The number of aryl methyl sites for hydroxylation is 3. The monoisotopic (exact) mass is 897 g/mol.